The lowest BCUT2D eigenvalue weighted by Gasteiger charge is -2.32. The summed E-state index contributed by atoms with van der Waals surface area (Å²) in [5, 5.41) is 12.5. The number of likely N-dealkylation sites (tertiary alicyclic amines) is 1. The van der Waals surface area contributed by atoms with Gasteiger partial charge in [-0.3, -0.25) is 4.79 Å². The number of anilines is 1. The van der Waals surface area contributed by atoms with Gasteiger partial charge in [0.2, 0.25) is 11.8 Å². The number of hydrogen-bond donors (Lipinski definition) is 1. The summed E-state index contributed by atoms with van der Waals surface area (Å²) in [5.74, 6) is 0.808. The first-order chi connectivity index (χ1) is 16.1. The normalized spacial score (nSPS) is 14.4. The molecule has 0 radical (unpaired) electrons. The number of amides is 1. The Morgan fingerprint density at radius 1 is 1.27 bits per heavy atom. The predicted octanol–water partition coefficient (Wildman–Crippen LogP) is 4.89. The SMILES string of the molecule is CCCC(=O)N1CCC(OCCNc2ccc(-c3nc4cc(C#N)cc(C)c4o3)cc2)CC1. The van der Waals surface area contributed by atoms with E-state index in [-0.39, 0.29) is 12.0 Å². The van der Waals surface area contributed by atoms with Crippen molar-refractivity contribution in [3.63, 3.8) is 0 Å². The molecule has 0 bridgehead atoms. The number of aromatic nitrogens is 1. The molecule has 1 N–H and O–H groups in total. The summed E-state index contributed by atoms with van der Waals surface area (Å²) in [7, 11) is 0. The topological polar surface area (TPSA) is 91.4 Å². The number of ether oxygens (including phenoxy) is 1. The summed E-state index contributed by atoms with van der Waals surface area (Å²) in [6, 6.07) is 13.6. The summed E-state index contributed by atoms with van der Waals surface area (Å²) in [5.41, 5.74) is 4.78. The van der Waals surface area contributed by atoms with Crippen molar-refractivity contribution in [1.29, 1.82) is 5.26 Å². The summed E-state index contributed by atoms with van der Waals surface area (Å²) < 4.78 is 11.9. The lowest BCUT2D eigenvalue weighted by Crippen LogP contribution is -2.41. The van der Waals surface area contributed by atoms with Gasteiger partial charge in [0.05, 0.1) is 24.3 Å². The number of rotatable bonds is 8. The number of hydrogen-bond acceptors (Lipinski definition) is 6. The Bertz CT molecular complexity index is 1140. The fourth-order valence-corrected chi connectivity index (χ4v) is 4.18. The first kappa shape index (κ1) is 22.8. The molecule has 172 valence electrons. The summed E-state index contributed by atoms with van der Waals surface area (Å²) in [6.07, 6.45) is 3.58. The fourth-order valence-electron chi connectivity index (χ4n) is 4.18. The van der Waals surface area contributed by atoms with Crippen LogP contribution in [0.25, 0.3) is 22.6 Å². The maximum atomic E-state index is 12.0. The number of nitrogens with one attached hydrogen (secondary N) is 1. The van der Waals surface area contributed by atoms with E-state index in [0.717, 1.165) is 49.2 Å². The molecule has 1 amide bonds. The van der Waals surface area contributed by atoms with Gasteiger partial charge < -0.3 is 19.4 Å². The van der Waals surface area contributed by atoms with Crippen LogP contribution in [0.5, 0.6) is 0 Å². The standard InChI is InChI=1S/C26H30N4O3/c1-3-4-24(31)30-12-9-22(10-13-30)32-14-11-28-21-7-5-20(6-8-21)26-29-23-16-19(17-27)15-18(2)25(23)33-26/h5-8,15-16,22,28H,3-4,9-14H2,1-2H3. The van der Waals surface area contributed by atoms with Gasteiger partial charge in [0.25, 0.3) is 0 Å². The number of piperidine rings is 1. The van der Waals surface area contributed by atoms with E-state index in [4.69, 9.17) is 14.4 Å². The highest BCUT2D eigenvalue weighted by molar-refractivity contribution is 5.81. The molecule has 1 fully saturated rings. The van der Waals surface area contributed by atoms with E-state index in [1.807, 2.05) is 49.1 Å². The number of fused-ring (bicyclic) bond motifs is 1. The summed E-state index contributed by atoms with van der Waals surface area (Å²) in [4.78, 5) is 18.5. The predicted molar refractivity (Wildman–Crippen MR) is 128 cm³/mol. The van der Waals surface area contributed by atoms with Gasteiger partial charge in [-0.15, -0.1) is 0 Å². The number of nitriles is 1. The third kappa shape index (κ3) is 5.52. The number of benzene rings is 2. The minimum Gasteiger partial charge on any atom is -0.436 e. The highest BCUT2D eigenvalue weighted by Crippen LogP contribution is 2.28. The highest BCUT2D eigenvalue weighted by atomic mass is 16.5. The second-order valence-electron chi connectivity index (χ2n) is 8.48. The molecule has 0 saturated carbocycles. The molecule has 7 heteroatoms. The Kier molecular flexibility index (Phi) is 7.26. The molecule has 0 unspecified atom stereocenters. The van der Waals surface area contributed by atoms with Crippen molar-refractivity contribution in [3.05, 3.63) is 47.5 Å². The van der Waals surface area contributed by atoms with Crippen LogP contribution in [0.2, 0.25) is 0 Å². The van der Waals surface area contributed by atoms with Crippen molar-refractivity contribution < 1.29 is 13.9 Å². The van der Waals surface area contributed by atoms with Crippen LogP contribution in [0, 0.1) is 18.3 Å². The fraction of sp³-hybridized carbons (Fsp3) is 0.423. The Morgan fingerprint density at radius 2 is 2.03 bits per heavy atom. The van der Waals surface area contributed by atoms with E-state index in [9.17, 15) is 4.79 Å². The van der Waals surface area contributed by atoms with Gasteiger partial charge in [0, 0.05) is 37.3 Å². The third-order valence-electron chi connectivity index (χ3n) is 5.98. The molecule has 1 aromatic heterocycles. The number of carbonyl (C=O) groups is 1. The van der Waals surface area contributed by atoms with Crippen molar-refractivity contribution in [3.8, 4) is 17.5 Å². The van der Waals surface area contributed by atoms with Gasteiger partial charge in [-0.25, -0.2) is 4.98 Å². The lowest BCUT2D eigenvalue weighted by molar-refractivity contribution is -0.133. The molecule has 0 spiro atoms. The molecular weight excluding hydrogens is 416 g/mol. The molecule has 1 aliphatic rings. The van der Waals surface area contributed by atoms with E-state index < -0.39 is 0 Å². The van der Waals surface area contributed by atoms with Gasteiger partial charge >= 0.3 is 0 Å². The van der Waals surface area contributed by atoms with E-state index in [0.29, 0.717) is 42.1 Å². The molecule has 33 heavy (non-hydrogen) atoms. The van der Waals surface area contributed by atoms with Gasteiger partial charge in [-0.1, -0.05) is 6.92 Å². The molecule has 2 heterocycles. The maximum Gasteiger partial charge on any atom is 0.227 e. The zero-order chi connectivity index (χ0) is 23.2. The Morgan fingerprint density at radius 3 is 2.73 bits per heavy atom. The van der Waals surface area contributed by atoms with Crippen LogP contribution < -0.4 is 5.32 Å². The zero-order valence-electron chi connectivity index (χ0n) is 19.3. The first-order valence-corrected chi connectivity index (χ1v) is 11.6. The monoisotopic (exact) mass is 446 g/mol. The maximum absolute atomic E-state index is 12.0. The lowest BCUT2D eigenvalue weighted by atomic mass is 10.1. The minimum atomic E-state index is 0.226. The van der Waals surface area contributed by atoms with Crippen LogP contribution in [-0.2, 0) is 9.53 Å². The van der Waals surface area contributed by atoms with Crippen molar-refractivity contribution in [2.75, 3.05) is 31.6 Å². The average molecular weight is 447 g/mol. The largest absolute Gasteiger partial charge is 0.436 e. The van der Waals surface area contributed by atoms with Crippen LogP contribution >= 0.6 is 0 Å². The van der Waals surface area contributed by atoms with Crippen LogP contribution in [0.4, 0.5) is 5.69 Å². The molecule has 0 atom stereocenters. The molecule has 3 aromatic rings. The molecule has 7 nitrogen and oxygen atoms in total. The quantitative estimate of drug-likeness (QED) is 0.495. The van der Waals surface area contributed by atoms with Crippen molar-refractivity contribution in [1.82, 2.24) is 9.88 Å². The van der Waals surface area contributed by atoms with Crippen LogP contribution in [0.1, 0.15) is 43.7 Å². The van der Waals surface area contributed by atoms with Gasteiger partial charge in [-0.05, 0) is 68.1 Å². The van der Waals surface area contributed by atoms with E-state index >= 15 is 0 Å². The number of aryl methyl sites for hydroxylation is 1. The van der Waals surface area contributed by atoms with Gasteiger partial charge in [-0.2, -0.15) is 5.26 Å². The van der Waals surface area contributed by atoms with Crippen molar-refractivity contribution >= 4 is 22.7 Å². The Labute approximate surface area is 194 Å². The minimum absolute atomic E-state index is 0.226. The van der Waals surface area contributed by atoms with Crippen molar-refractivity contribution in [2.45, 2.75) is 45.6 Å². The van der Waals surface area contributed by atoms with Crippen LogP contribution in [0.3, 0.4) is 0 Å². The second kappa shape index (κ2) is 10.5. The average Bonchev–Trinajstić information content (AvgIpc) is 3.27. The smallest absolute Gasteiger partial charge is 0.227 e. The van der Waals surface area contributed by atoms with Gasteiger partial charge in [0.1, 0.15) is 5.52 Å². The number of oxazole rings is 1. The highest BCUT2D eigenvalue weighted by Gasteiger charge is 2.22. The Hall–Kier alpha value is -3.37. The second-order valence-corrected chi connectivity index (χ2v) is 8.48. The van der Waals surface area contributed by atoms with E-state index in [2.05, 4.69) is 16.4 Å². The molecule has 1 saturated heterocycles. The summed E-state index contributed by atoms with van der Waals surface area (Å²) in [6.45, 7) is 6.89. The molecule has 2 aromatic carbocycles. The zero-order valence-corrected chi connectivity index (χ0v) is 19.3. The van der Waals surface area contributed by atoms with Crippen LogP contribution in [0.15, 0.2) is 40.8 Å². The van der Waals surface area contributed by atoms with Crippen molar-refractivity contribution in [2.24, 2.45) is 0 Å². The van der Waals surface area contributed by atoms with Crippen LogP contribution in [-0.4, -0.2) is 48.1 Å². The molecule has 1 aliphatic heterocycles. The number of nitrogens with zero attached hydrogens (tertiary/aromatic N) is 3. The number of carbonyl (C=O) groups excluding carboxylic acids is 1. The third-order valence-corrected chi connectivity index (χ3v) is 5.98. The van der Waals surface area contributed by atoms with E-state index in [1.165, 1.54) is 0 Å². The molecular formula is C26H30N4O3. The molecule has 0 aliphatic carbocycles. The van der Waals surface area contributed by atoms with Gasteiger partial charge in [0.15, 0.2) is 5.58 Å². The first-order valence-electron chi connectivity index (χ1n) is 11.6. The molecule has 4 rings (SSSR count). The van der Waals surface area contributed by atoms with E-state index in [1.54, 1.807) is 6.07 Å². The Balaban J connectivity index is 1.25. The summed E-state index contributed by atoms with van der Waals surface area (Å²) >= 11 is 0.